The van der Waals surface area contributed by atoms with Crippen LogP contribution in [0.25, 0.3) is 0 Å². The summed E-state index contributed by atoms with van der Waals surface area (Å²) in [7, 11) is 0. The molecule has 1 aromatic heterocycles. The molecular formula is C12H18N4OS. The normalized spacial score (nSPS) is 17.6. The van der Waals surface area contributed by atoms with E-state index in [9.17, 15) is 4.79 Å². The highest BCUT2D eigenvalue weighted by atomic mass is 32.1. The fraction of sp³-hybridized carbons (Fsp3) is 0.583. The Hall–Kier alpha value is -1.43. The Morgan fingerprint density at radius 2 is 2.28 bits per heavy atom. The number of hydrogen-bond acceptors (Lipinski definition) is 3. The van der Waals surface area contributed by atoms with Gasteiger partial charge in [0.05, 0.1) is 16.7 Å². The third kappa shape index (κ3) is 2.53. The van der Waals surface area contributed by atoms with Crippen LogP contribution in [0.1, 0.15) is 31.4 Å². The number of amides is 1. The second-order valence-corrected chi connectivity index (χ2v) is 5.18. The summed E-state index contributed by atoms with van der Waals surface area (Å²) in [5.41, 5.74) is 6.15. The van der Waals surface area contributed by atoms with Gasteiger partial charge in [-0.15, -0.1) is 0 Å². The lowest BCUT2D eigenvalue weighted by Gasteiger charge is -2.26. The van der Waals surface area contributed by atoms with E-state index >= 15 is 0 Å². The number of nitrogens with one attached hydrogen (secondary N) is 2. The van der Waals surface area contributed by atoms with Crippen LogP contribution in [-0.2, 0) is 11.2 Å². The standard InChI is InChI=1S/C12H18N4OS/c13-10(18)12(4-1-2-5-12)11(17)15-6-3-9-7-14-8-16-9/h7-8H,1-6H2,(H2,13,18)(H,14,16)(H,15,17). The Bertz CT molecular complexity index is 423. The van der Waals surface area contributed by atoms with Gasteiger partial charge in [0.15, 0.2) is 0 Å². The van der Waals surface area contributed by atoms with E-state index in [2.05, 4.69) is 15.3 Å². The van der Waals surface area contributed by atoms with E-state index in [1.807, 2.05) is 0 Å². The summed E-state index contributed by atoms with van der Waals surface area (Å²) in [5.74, 6) is -0.0213. The highest BCUT2D eigenvalue weighted by Gasteiger charge is 2.43. The minimum atomic E-state index is -0.608. The van der Waals surface area contributed by atoms with E-state index in [0.29, 0.717) is 11.5 Å². The highest BCUT2D eigenvalue weighted by Crippen LogP contribution is 2.38. The van der Waals surface area contributed by atoms with Crippen LogP contribution in [0.5, 0.6) is 0 Å². The summed E-state index contributed by atoms with van der Waals surface area (Å²) in [4.78, 5) is 19.5. The zero-order valence-corrected chi connectivity index (χ0v) is 11.1. The number of carbonyl (C=O) groups excluding carboxylic acids is 1. The SMILES string of the molecule is NC(=S)C1(C(=O)NCCc2cnc[nH]2)CCCC1. The van der Waals surface area contributed by atoms with Crippen molar-refractivity contribution in [1.82, 2.24) is 15.3 Å². The molecule has 1 aromatic rings. The fourth-order valence-corrected chi connectivity index (χ4v) is 2.76. The maximum Gasteiger partial charge on any atom is 0.233 e. The molecular weight excluding hydrogens is 248 g/mol. The van der Waals surface area contributed by atoms with Gasteiger partial charge in [0.25, 0.3) is 0 Å². The molecule has 6 heteroatoms. The Morgan fingerprint density at radius 1 is 1.56 bits per heavy atom. The first-order chi connectivity index (χ1) is 8.65. The number of aromatic amines is 1. The Kier molecular flexibility index (Phi) is 3.96. The largest absolute Gasteiger partial charge is 0.392 e. The van der Waals surface area contributed by atoms with Crippen molar-refractivity contribution in [3.05, 3.63) is 18.2 Å². The van der Waals surface area contributed by atoms with Gasteiger partial charge in [0, 0.05) is 24.9 Å². The number of aromatic nitrogens is 2. The number of nitrogens with zero attached hydrogens (tertiary/aromatic N) is 1. The van der Waals surface area contributed by atoms with Gasteiger partial charge in [-0.05, 0) is 12.8 Å². The lowest BCUT2D eigenvalue weighted by Crippen LogP contribution is -2.47. The first-order valence-corrected chi connectivity index (χ1v) is 6.61. The lowest BCUT2D eigenvalue weighted by atomic mass is 9.85. The molecule has 2 rings (SSSR count). The van der Waals surface area contributed by atoms with Crippen LogP contribution in [0.2, 0.25) is 0 Å². The second-order valence-electron chi connectivity index (χ2n) is 4.74. The van der Waals surface area contributed by atoms with E-state index in [1.165, 1.54) is 0 Å². The minimum Gasteiger partial charge on any atom is -0.392 e. The molecule has 0 saturated heterocycles. The monoisotopic (exact) mass is 266 g/mol. The molecule has 1 aliphatic rings. The number of thiocarbonyl (C=S) groups is 1. The molecule has 98 valence electrons. The molecule has 1 fully saturated rings. The highest BCUT2D eigenvalue weighted by molar-refractivity contribution is 7.80. The summed E-state index contributed by atoms with van der Waals surface area (Å²) in [5, 5.41) is 2.93. The lowest BCUT2D eigenvalue weighted by molar-refractivity contribution is -0.127. The molecule has 0 spiro atoms. The van der Waals surface area contributed by atoms with Crippen molar-refractivity contribution < 1.29 is 4.79 Å². The smallest absolute Gasteiger partial charge is 0.233 e. The van der Waals surface area contributed by atoms with Crippen molar-refractivity contribution in [2.75, 3.05) is 6.54 Å². The van der Waals surface area contributed by atoms with Crippen molar-refractivity contribution in [2.45, 2.75) is 32.1 Å². The van der Waals surface area contributed by atoms with Crippen molar-refractivity contribution in [3.63, 3.8) is 0 Å². The summed E-state index contributed by atoms with van der Waals surface area (Å²) >= 11 is 5.07. The molecule has 1 saturated carbocycles. The van der Waals surface area contributed by atoms with E-state index < -0.39 is 5.41 Å². The van der Waals surface area contributed by atoms with Crippen LogP contribution in [0.4, 0.5) is 0 Å². The first-order valence-electron chi connectivity index (χ1n) is 6.20. The summed E-state index contributed by atoms with van der Waals surface area (Å²) in [6.45, 7) is 0.575. The van der Waals surface area contributed by atoms with Gasteiger partial charge in [0.1, 0.15) is 0 Å². The predicted molar refractivity (Wildman–Crippen MR) is 73.0 cm³/mol. The average Bonchev–Trinajstić information content (AvgIpc) is 3.00. The minimum absolute atomic E-state index is 0.0213. The van der Waals surface area contributed by atoms with Crippen molar-refractivity contribution in [2.24, 2.45) is 11.1 Å². The number of H-pyrrole nitrogens is 1. The summed E-state index contributed by atoms with van der Waals surface area (Å²) in [6, 6.07) is 0. The molecule has 0 bridgehead atoms. The van der Waals surface area contributed by atoms with Crippen molar-refractivity contribution >= 4 is 23.1 Å². The molecule has 1 heterocycles. The topological polar surface area (TPSA) is 83.8 Å². The van der Waals surface area contributed by atoms with Gasteiger partial charge in [-0.2, -0.15) is 0 Å². The Balaban J connectivity index is 1.88. The molecule has 5 nitrogen and oxygen atoms in total. The maximum absolute atomic E-state index is 12.2. The van der Waals surface area contributed by atoms with Gasteiger partial charge < -0.3 is 16.0 Å². The molecule has 0 atom stereocenters. The molecule has 1 amide bonds. The van der Waals surface area contributed by atoms with Crippen LogP contribution in [0.15, 0.2) is 12.5 Å². The molecule has 0 radical (unpaired) electrons. The van der Waals surface area contributed by atoms with Gasteiger partial charge in [-0.1, -0.05) is 25.1 Å². The van der Waals surface area contributed by atoms with Crippen LogP contribution in [0.3, 0.4) is 0 Å². The van der Waals surface area contributed by atoms with Crippen LogP contribution >= 0.6 is 12.2 Å². The number of hydrogen-bond donors (Lipinski definition) is 3. The zero-order chi connectivity index (χ0) is 13.0. The number of carbonyl (C=O) groups is 1. The number of rotatable bonds is 5. The van der Waals surface area contributed by atoms with Gasteiger partial charge in [-0.25, -0.2) is 4.98 Å². The maximum atomic E-state index is 12.2. The van der Waals surface area contributed by atoms with Crippen molar-refractivity contribution in [1.29, 1.82) is 0 Å². The molecule has 18 heavy (non-hydrogen) atoms. The molecule has 0 aliphatic heterocycles. The van der Waals surface area contributed by atoms with E-state index in [0.717, 1.165) is 37.8 Å². The summed E-state index contributed by atoms with van der Waals surface area (Å²) < 4.78 is 0. The van der Waals surface area contributed by atoms with E-state index in [4.69, 9.17) is 18.0 Å². The predicted octanol–water partition coefficient (Wildman–Crippen LogP) is 0.915. The van der Waals surface area contributed by atoms with Crippen molar-refractivity contribution in [3.8, 4) is 0 Å². The first kappa shape index (κ1) is 13.0. The van der Waals surface area contributed by atoms with Crippen LogP contribution < -0.4 is 11.1 Å². The zero-order valence-electron chi connectivity index (χ0n) is 10.2. The molecule has 0 aromatic carbocycles. The number of imidazole rings is 1. The molecule has 0 unspecified atom stereocenters. The van der Waals surface area contributed by atoms with E-state index in [1.54, 1.807) is 12.5 Å². The Morgan fingerprint density at radius 3 is 2.83 bits per heavy atom. The quantitative estimate of drug-likeness (QED) is 0.692. The van der Waals surface area contributed by atoms with E-state index in [-0.39, 0.29) is 5.91 Å². The fourth-order valence-electron chi connectivity index (χ4n) is 2.47. The van der Waals surface area contributed by atoms with Crippen LogP contribution in [0, 0.1) is 5.41 Å². The third-order valence-electron chi connectivity index (χ3n) is 3.60. The average molecular weight is 266 g/mol. The number of nitrogens with two attached hydrogens (primary N) is 1. The van der Waals surface area contributed by atoms with Gasteiger partial charge in [0.2, 0.25) is 5.91 Å². The second kappa shape index (κ2) is 5.48. The van der Waals surface area contributed by atoms with Gasteiger partial charge in [-0.3, -0.25) is 4.79 Å². The molecule has 4 N–H and O–H groups in total. The van der Waals surface area contributed by atoms with Crippen LogP contribution in [-0.4, -0.2) is 27.4 Å². The van der Waals surface area contributed by atoms with Gasteiger partial charge >= 0.3 is 0 Å². The Labute approximate surface area is 112 Å². The third-order valence-corrected chi connectivity index (χ3v) is 3.99. The summed E-state index contributed by atoms with van der Waals surface area (Å²) in [6.07, 6.45) is 7.71. The molecule has 1 aliphatic carbocycles.